The quantitative estimate of drug-likeness (QED) is 0.731. The Morgan fingerprint density at radius 1 is 1.16 bits per heavy atom. The van der Waals surface area contributed by atoms with Crippen molar-refractivity contribution < 1.29 is 19.1 Å². The van der Waals surface area contributed by atoms with Crippen molar-refractivity contribution in [3.05, 3.63) is 24.3 Å². The Labute approximate surface area is 111 Å². The Hall–Kier alpha value is -2.12. The average molecular weight is 267 g/mol. The van der Waals surface area contributed by atoms with Gasteiger partial charge in [0.2, 0.25) is 5.91 Å². The standard InChI is InChI=1S/C12H17N3O4/c1-18-7-10(13)11(16)14-8-3-5-9(6-4-8)15-12(17)19-2/h3-6,10H,7,13H2,1-2H3,(H,14,16)(H,15,17). The first-order valence-electron chi connectivity index (χ1n) is 5.57. The highest BCUT2D eigenvalue weighted by atomic mass is 16.5. The van der Waals surface area contributed by atoms with Crippen molar-refractivity contribution in [2.75, 3.05) is 31.5 Å². The number of hydrogen-bond donors (Lipinski definition) is 3. The van der Waals surface area contributed by atoms with E-state index in [4.69, 9.17) is 10.5 Å². The van der Waals surface area contributed by atoms with Gasteiger partial charge in [-0.15, -0.1) is 0 Å². The van der Waals surface area contributed by atoms with Gasteiger partial charge in [-0.1, -0.05) is 0 Å². The van der Waals surface area contributed by atoms with Gasteiger partial charge in [0.25, 0.3) is 0 Å². The molecule has 1 atom stereocenters. The third-order valence-corrected chi connectivity index (χ3v) is 2.27. The number of amides is 2. The molecular weight excluding hydrogens is 250 g/mol. The topological polar surface area (TPSA) is 103 Å². The molecule has 0 aliphatic heterocycles. The van der Waals surface area contributed by atoms with Crippen molar-refractivity contribution in [1.29, 1.82) is 0 Å². The zero-order valence-corrected chi connectivity index (χ0v) is 10.8. The zero-order chi connectivity index (χ0) is 14.3. The van der Waals surface area contributed by atoms with Crippen LogP contribution in [-0.2, 0) is 14.3 Å². The average Bonchev–Trinajstić information content (AvgIpc) is 2.41. The number of nitrogens with one attached hydrogen (secondary N) is 2. The van der Waals surface area contributed by atoms with E-state index >= 15 is 0 Å². The molecule has 0 saturated heterocycles. The lowest BCUT2D eigenvalue weighted by Gasteiger charge is -2.11. The smallest absolute Gasteiger partial charge is 0.411 e. The maximum atomic E-state index is 11.6. The minimum absolute atomic E-state index is 0.147. The molecular formula is C12H17N3O4. The molecule has 19 heavy (non-hydrogen) atoms. The first-order chi connectivity index (χ1) is 9.06. The summed E-state index contributed by atoms with van der Waals surface area (Å²) in [6.45, 7) is 0.147. The molecule has 0 bridgehead atoms. The maximum absolute atomic E-state index is 11.6. The molecule has 2 amide bonds. The summed E-state index contributed by atoms with van der Waals surface area (Å²) in [6, 6.07) is 5.83. The molecule has 0 saturated carbocycles. The number of rotatable bonds is 5. The van der Waals surface area contributed by atoms with Crippen LogP contribution in [0, 0.1) is 0 Å². The number of carbonyl (C=O) groups excluding carboxylic acids is 2. The molecule has 0 aliphatic carbocycles. The third kappa shape index (κ3) is 4.94. The molecule has 0 heterocycles. The summed E-state index contributed by atoms with van der Waals surface area (Å²) >= 11 is 0. The summed E-state index contributed by atoms with van der Waals surface area (Å²) in [7, 11) is 2.75. The van der Waals surface area contributed by atoms with Crippen molar-refractivity contribution in [3.8, 4) is 0 Å². The number of nitrogens with two attached hydrogens (primary N) is 1. The van der Waals surface area contributed by atoms with Gasteiger partial charge in [-0.3, -0.25) is 10.1 Å². The summed E-state index contributed by atoms with van der Waals surface area (Å²) in [5.74, 6) is -0.337. The van der Waals surface area contributed by atoms with Gasteiger partial charge in [0.1, 0.15) is 6.04 Å². The molecule has 0 fully saturated rings. The highest BCUT2D eigenvalue weighted by Crippen LogP contribution is 2.13. The predicted molar refractivity (Wildman–Crippen MR) is 71.0 cm³/mol. The molecule has 1 aromatic carbocycles. The first kappa shape index (κ1) is 14.9. The lowest BCUT2D eigenvalue weighted by atomic mass is 10.2. The van der Waals surface area contributed by atoms with Crippen LogP contribution in [-0.4, -0.2) is 38.9 Å². The summed E-state index contributed by atoms with van der Waals surface area (Å²) in [4.78, 5) is 22.6. The van der Waals surface area contributed by atoms with Crippen molar-refractivity contribution in [1.82, 2.24) is 0 Å². The van der Waals surface area contributed by atoms with E-state index in [1.165, 1.54) is 14.2 Å². The molecule has 1 unspecified atom stereocenters. The van der Waals surface area contributed by atoms with E-state index in [-0.39, 0.29) is 12.5 Å². The van der Waals surface area contributed by atoms with Crippen LogP contribution in [0.1, 0.15) is 0 Å². The molecule has 0 radical (unpaired) electrons. The first-order valence-corrected chi connectivity index (χ1v) is 5.57. The van der Waals surface area contributed by atoms with E-state index in [9.17, 15) is 9.59 Å². The Bertz CT molecular complexity index is 433. The number of hydrogen-bond acceptors (Lipinski definition) is 5. The third-order valence-electron chi connectivity index (χ3n) is 2.27. The molecule has 7 heteroatoms. The van der Waals surface area contributed by atoms with Crippen LogP contribution in [0.15, 0.2) is 24.3 Å². The Kier molecular flexibility index (Phi) is 5.77. The van der Waals surface area contributed by atoms with Gasteiger partial charge in [-0.05, 0) is 24.3 Å². The van der Waals surface area contributed by atoms with E-state index in [2.05, 4.69) is 15.4 Å². The molecule has 1 aromatic rings. The second-order valence-corrected chi connectivity index (χ2v) is 3.75. The van der Waals surface area contributed by atoms with Crippen LogP contribution < -0.4 is 16.4 Å². The number of ether oxygens (including phenoxy) is 2. The van der Waals surface area contributed by atoms with Crippen molar-refractivity contribution in [3.63, 3.8) is 0 Å². The summed E-state index contributed by atoms with van der Waals surface area (Å²) in [6.07, 6.45) is -0.557. The second kappa shape index (κ2) is 7.34. The SMILES string of the molecule is COCC(N)C(=O)Nc1ccc(NC(=O)OC)cc1. The second-order valence-electron chi connectivity index (χ2n) is 3.75. The van der Waals surface area contributed by atoms with Gasteiger partial charge >= 0.3 is 6.09 Å². The lowest BCUT2D eigenvalue weighted by molar-refractivity contribution is -0.118. The van der Waals surface area contributed by atoms with Crippen LogP contribution in [0.4, 0.5) is 16.2 Å². The minimum Gasteiger partial charge on any atom is -0.453 e. The van der Waals surface area contributed by atoms with E-state index in [1.807, 2.05) is 0 Å². The van der Waals surface area contributed by atoms with Gasteiger partial charge in [-0.2, -0.15) is 0 Å². The van der Waals surface area contributed by atoms with Crippen LogP contribution >= 0.6 is 0 Å². The largest absolute Gasteiger partial charge is 0.453 e. The number of anilines is 2. The van der Waals surface area contributed by atoms with E-state index in [0.29, 0.717) is 11.4 Å². The van der Waals surface area contributed by atoms with Gasteiger partial charge in [0.15, 0.2) is 0 Å². The molecule has 0 spiro atoms. The summed E-state index contributed by atoms with van der Waals surface area (Å²) < 4.78 is 9.25. The fourth-order valence-electron chi connectivity index (χ4n) is 1.30. The van der Waals surface area contributed by atoms with Crippen LogP contribution in [0.25, 0.3) is 0 Å². The van der Waals surface area contributed by atoms with Gasteiger partial charge < -0.3 is 20.5 Å². The Balaban J connectivity index is 2.57. The van der Waals surface area contributed by atoms with Crippen molar-refractivity contribution in [2.24, 2.45) is 5.73 Å². The van der Waals surface area contributed by atoms with Crippen LogP contribution in [0.3, 0.4) is 0 Å². The van der Waals surface area contributed by atoms with E-state index in [0.717, 1.165) is 0 Å². The Morgan fingerprint density at radius 2 is 1.68 bits per heavy atom. The summed E-state index contributed by atoms with van der Waals surface area (Å²) in [5.41, 5.74) is 6.72. The minimum atomic E-state index is -0.724. The lowest BCUT2D eigenvalue weighted by Crippen LogP contribution is -2.39. The molecule has 1 rings (SSSR count). The van der Waals surface area contributed by atoms with Gasteiger partial charge in [-0.25, -0.2) is 4.79 Å². The van der Waals surface area contributed by atoms with Crippen LogP contribution in [0.5, 0.6) is 0 Å². The fourth-order valence-corrected chi connectivity index (χ4v) is 1.30. The predicted octanol–water partition coefficient (Wildman–Crippen LogP) is 0.777. The molecule has 0 aromatic heterocycles. The molecule has 7 nitrogen and oxygen atoms in total. The van der Waals surface area contributed by atoms with E-state index < -0.39 is 12.1 Å². The molecule has 104 valence electrons. The number of carbonyl (C=O) groups is 2. The van der Waals surface area contributed by atoms with Gasteiger partial charge in [0.05, 0.1) is 13.7 Å². The number of benzene rings is 1. The Morgan fingerprint density at radius 3 is 2.16 bits per heavy atom. The summed E-state index contributed by atoms with van der Waals surface area (Å²) in [5, 5.41) is 5.13. The van der Waals surface area contributed by atoms with Crippen molar-refractivity contribution in [2.45, 2.75) is 6.04 Å². The molecule has 4 N–H and O–H groups in total. The normalized spacial score (nSPS) is 11.5. The highest BCUT2D eigenvalue weighted by molar-refractivity contribution is 5.95. The monoisotopic (exact) mass is 267 g/mol. The zero-order valence-electron chi connectivity index (χ0n) is 10.8. The van der Waals surface area contributed by atoms with Gasteiger partial charge in [0, 0.05) is 18.5 Å². The highest BCUT2D eigenvalue weighted by Gasteiger charge is 2.12. The van der Waals surface area contributed by atoms with Crippen LogP contribution in [0.2, 0.25) is 0 Å². The maximum Gasteiger partial charge on any atom is 0.411 e. The number of methoxy groups -OCH3 is 2. The molecule has 0 aliphatic rings. The fraction of sp³-hybridized carbons (Fsp3) is 0.333. The van der Waals surface area contributed by atoms with E-state index in [1.54, 1.807) is 24.3 Å². The van der Waals surface area contributed by atoms with Crippen molar-refractivity contribution >= 4 is 23.4 Å².